The van der Waals surface area contributed by atoms with Crippen LogP contribution >= 0.6 is 11.6 Å². The van der Waals surface area contributed by atoms with Crippen molar-refractivity contribution in [2.24, 2.45) is 0 Å². The monoisotopic (exact) mass is 433 g/mol. The number of hydrogen-bond acceptors (Lipinski definition) is 3. The number of benzene rings is 3. The first-order chi connectivity index (χ1) is 15.0. The zero-order valence-corrected chi connectivity index (χ0v) is 18.6. The number of alkyl carbamates (subject to hydrolysis) is 1. The summed E-state index contributed by atoms with van der Waals surface area (Å²) in [5.74, 6) is 0.717. The standard InChI is InChI=1S/C26H24ClNO3/c1-4-15-9-18-17-8-6-5-7-16(17)11-20(18)19(10-15)21-12-22(27)14(2)24(25(21)30-3)23-13-28-26(29)31-23/h5-10,12,23H,4,11,13H2,1-3H3,(H,28,29). The summed E-state index contributed by atoms with van der Waals surface area (Å²) in [5.41, 5.74) is 10.2. The van der Waals surface area contributed by atoms with Crippen LogP contribution in [0.2, 0.25) is 5.02 Å². The van der Waals surface area contributed by atoms with Crippen LogP contribution in [0.25, 0.3) is 22.3 Å². The second kappa shape index (κ2) is 7.61. The van der Waals surface area contributed by atoms with E-state index < -0.39 is 12.2 Å². The lowest BCUT2D eigenvalue weighted by molar-refractivity contribution is 0.139. The van der Waals surface area contributed by atoms with Crippen LogP contribution in [-0.4, -0.2) is 19.7 Å². The van der Waals surface area contributed by atoms with Crippen LogP contribution in [-0.2, 0) is 17.6 Å². The lowest BCUT2D eigenvalue weighted by atomic mass is 9.89. The Bertz CT molecular complexity index is 1220. The summed E-state index contributed by atoms with van der Waals surface area (Å²) in [5, 5.41) is 3.38. The van der Waals surface area contributed by atoms with E-state index in [0.717, 1.165) is 40.8 Å². The average Bonchev–Trinajstić information content (AvgIpc) is 3.37. The Kier molecular flexibility index (Phi) is 4.90. The Balaban J connectivity index is 1.77. The molecule has 1 N–H and O–H groups in total. The van der Waals surface area contributed by atoms with Gasteiger partial charge in [0.15, 0.2) is 0 Å². The molecule has 0 saturated carbocycles. The van der Waals surface area contributed by atoms with Crippen molar-refractivity contribution in [1.29, 1.82) is 0 Å². The quantitative estimate of drug-likeness (QED) is 0.414. The summed E-state index contributed by atoms with van der Waals surface area (Å²) in [4.78, 5) is 11.7. The Morgan fingerprint density at radius 3 is 2.55 bits per heavy atom. The van der Waals surface area contributed by atoms with Crippen molar-refractivity contribution in [2.45, 2.75) is 32.8 Å². The van der Waals surface area contributed by atoms with E-state index in [0.29, 0.717) is 11.6 Å². The molecule has 1 fully saturated rings. The van der Waals surface area contributed by atoms with Crippen molar-refractivity contribution in [3.63, 3.8) is 0 Å². The molecule has 1 atom stereocenters. The molecule has 1 saturated heterocycles. The summed E-state index contributed by atoms with van der Waals surface area (Å²) in [7, 11) is 1.67. The van der Waals surface area contributed by atoms with E-state index >= 15 is 0 Å². The van der Waals surface area contributed by atoms with Gasteiger partial charge in [0.2, 0.25) is 0 Å². The SMILES string of the molecule is CCc1cc2c(c(-c3cc(Cl)c(C)c(C4CNC(=O)O4)c3OC)c1)Cc1ccccc1-2. The lowest BCUT2D eigenvalue weighted by Gasteiger charge is -2.22. The van der Waals surface area contributed by atoms with Crippen molar-refractivity contribution in [2.75, 3.05) is 13.7 Å². The minimum atomic E-state index is -0.431. The first-order valence-electron chi connectivity index (χ1n) is 10.6. The minimum Gasteiger partial charge on any atom is -0.496 e. The van der Waals surface area contributed by atoms with Gasteiger partial charge in [-0.1, -0.05) is 54.9 Å². The minimum absolute atomic E-state index is 0.397. The fourth-order valence-electron chi connectivity index (χ4n) is 4.84. The number of methoxy groups -OCH3 is 1. The molecule has 5 heteroatoms. The van der Waals surface area contributed by atoms with Gasteiger partial charge in [0.05, 0.1) is 13.7 Å². The molecule has 158 valence electrons. The fraction of sp³-hybridized carbons (Fsp3) is 0.269. The summed E-state index contributed by atoms with van der Waals surface area (Å²) in [6.45, 7) is 4.51. The predicted octanol–water partition coefficient (Wildman–Crippen LogP) is 6.24. The summed E-state index contributed by atoms with van der Waals surface area (Å²) < 4.78 is 11.5. The number of rotatable bonds is 4. The molecule has 1 heterocycles. The zero-order valence-electron chi connectivity index (χ0n) is 17.8. The van der Waals surface area contributed by atoms with E-state index in [2.05, 4.69) is 48.6 Å². The first-order valence-corrected chi connectivity index (χ1v) is 11.0. The molecule has 2 aliphatic rings. The Morgan fingerprint density at radius 1 is 1.13 bits per heavy atom. The van der Waals surface area contributed by atoms with Crippen LogP contribution in [0.5, 0.6) is 5.75 Å². The van der Waals surface area contributed by atoms with Gasteiger partial charge in [-0.15, -0.1) is 0 Å². The number of aryl methyl sites for hydroxylation is 1. The molecule has 5 rings (SSSR count). The molecule has 0 radical (unpaired) electrons. The summed E-state index contributed by atoms with van der Waals surface area (Å²) >= 11 is 6.71. The number of fused-ring (bicyclic) bond motifs is 3. The van der Waals surface area contributed by atoms with Crippen molar-refractivity contribution < 1.29 is 14.3 Å². The highest BCUT2D eigenvalue weighted by Crippen LogP contribution is 2.48. The number of carbonyl (C=O) groups excluding carboxylic acids is 1. The number of amides is 1. The van der Waals surface area contributed by atoms with E-state index in [-0.39, 0.29) is 0 Å². The Labute approximate surface area is 187 Å². The fourth-order valence-corrected chi connectivity index (χ4v) is 5.05. The van der Waals surface area contributed by atoms with Gasteiger partial charge in [0.1, 0.15) is 11.9 Å². The highest BCUT2D eigenvalue weighted by molar-refractivity contribution is 6.32. The van der Waals surface area contributed by atoms with E-state index in [1.165, 1.54) is 27.8 Å². The molecule has 0 bridgehead atoms. The van der Waals surface area contributed by atoms with Gasteiger partial charge >= 0.3 is 6.09 Å². The number of halogens is 1. The zero-order chi connectivity index (χ0) is 21.7. The molecule has 0 spiro atoms. The third-order valence-corrected chi connectivity index (χ3v) is 6.81. The normalized spacial score (nSPS) is 16.5. The Morgan fingerprint density at radius 2 is 1.87 bits per heavy atom. The maximum Gasteiger partial charge on any atom is 0.407 e. The maximum atomic E-state index is 11.7. The van der Waals surface area contributed by atoms with Crippen molar-refractivity contribution in [3.8, 4) is 28.0 Å². The van der Waals surface area contributed by atoms with Crippen LogP contribution in [0.1, 0.15) is 40.8 Å². The highest BCUT2D eigenvalue weighted by atomic mass is 35.5. The van der Waals surface area contributed by atoms with Gasteiger partial charge in [0.25, 0.3) is 0 Å². The van der Waals surface area contributed by atoms with Crippen molar-refractivity contribution >= 4 is 17.7 Å². The molecular weight excluding hydrogens is 410 g/mol. The molecule has 1 unspecified atom stereocenters. The second-order valence-electron chi connectivity index (χ2n) is 8.11. The molecule has 3 aromatic rings. The molecule has 0 aromatic heterocycles. The molecule has 31 heavy (non-hydrogen) atoms. The van der Waals surface area contributed by atoms with Gasteiger partial charge in [-0.2, -0.15) is 0 Å². The van der Waals surface area contributed by atoms with Gasteiger partial charge in [-0.25, -0.2) is 4.79 Å². The average molecular weight is 434 g/mol. The van der Waals surface area contributed by atoms with Gasteiger partial charge in [-0.05, 0) is 64.8 Å². The largest absolute Gasteiger partial charge is 0.496 e. The Hall–Kier alpha value is -2.98. The van der Waals surface area contributed by atoms with Crippen molar-refractivity contribution in [1.82, 2.24) is 5.32 Å². The van der Waals surface area contributed by atoms with Crippen molar-refractivity contribution in [3.05, 3.63) is 75.3 Å². The van der Waals surface area contributed by atoms with E-state index in [1.807, 2.05) is 13.0 Å². The molecule has 1 aliphatic heterocycles. The van der Waals surface area contributed by atoms with Gasteiger partial charge < -0.3 is 14.8 Å². The predicted molar refractivity (Wildman–Crippen MR) is 123 cm³/mol. The maximum absolute atomic E-state index is 11.7. The second-order valence-corrected chi connectivity index (χ2v) is 8.52. The lowest BCUT2D eigenvalue weighted by Crippen LogP contribution is -2.13. The number of cyclic esters (lactones) is 1. The van der Waals surface area contributed by atoms with E-state index in [1.54, 1.807) is 7.11 Å². The third kappa shape index (κ3) is 3.17. The topological polar surface area (TPSA) is 47.6 Å². The van der Waals surface area contributed by atoms with Crippen LogP contribution in [0.3, 0.4) is 0 Å². The molecule has 3 aromatic carbocycles. The smallest absolute Gasteiger partial charge is 0.407 e. The molecular formula is C26H24ClNO3. The van der Waals surface area contributed by atoms with E-state index in [4.69, 9.17) is 21.1 Å². The van der Waals surface area contributed by atoms with Crippen LogP contribution in [0.15, 0.2) is 42.5 Å². The molecule has 1 amide bonds. The first kappa shape index (κ1) is 20.0. The summed E-state index contributed by atoms with van der Waals surface area (Å²) in [6.07, 6.45) is 0.952. The molecule has 1 aliphatic carbocycles. The van der Waals surface area contributed by atoms with E-state index in [9.17, 15) is 4.79 Å². The van der Waals surface area contributed by atoms with Gasteiger partial charge in [0, 0.05) is 16.1 Å². The summed E-state index contributed by atoms with van der Waals surface area (Å²) in [6, 6.07) is 15.1. The van der Waals surface area contributed by atoms with Crippen LogP contribution < -0.4 is 10.1 Å². The van der Waals surface area contributed by atoms with Crippen LogP contribution in [0.4, 0.5) is 4.79 Å². The van der Waals surface area contributed by atoms with Crippen LogP contribution in [0, 0.1) is 6.92 Å². The third-order valence-electron chi connectivity index (χ3n) is 6.41. The highest BCUT2D eigenvalue weighted by Gasteiger charge is 2.32. The van der Waals surface area contributed by atoms with Gasteiger partial charge in [-0.3, -0.25) is 0 Å². The number of nitrogens with one attached hydrogen (secondary N) is 1. The number of carbonyl (C=O) groups is 1. The molecule has 4 nitrogen and oxygen atoms in total. The number of ether oxygens (including phenoxy) is 2. The number of hydrogen-bond donors (Lipinski definition) is 1.